The molecule has 0 aliphatic rings. The third-order valence-corrected chi connectivity index (χ3v) is 8.86. The monoisotopic (exact) mass is 704 g/mol. The molecule has 9 aromatic rings. The van der Waals surface area contributed by atoms with Gasteiger partial charge in [-0.1, -0.05) is 195 Å². The molecule has 0 unspecified atom stereocenters. The van der Waals surface area contributed by atoms with Gasteiger partial charge < -0.3 is 0 Å². The molecule has 3 heteroatoms. The van der Waals surface area contributed by atoms with Crippen LogP contribution in [0.4, 0.5) is 0 Å². The molecule has 0 N–H and O–H groups in total. The maximum atomic E-state index is 9.64. The van der Waals surface area contributed by atoms with E-state index >= 15 is 0 Å². The number of fused-ring (bicyclic) bond motifs is 6. The molecule has 0 amide bonds. The Morgan fingerprint density at radius 3 is 1.65 bits per heavy atom. The van der Waals surface area contributed by atoms with Gasteiger partial charge in [0.25, 0.3) is 0 Å². The maximum absolute atomic E-state index is 9.64. The molecule has 0 aliphatic carbocycles. The number of allylic oxidation sites excluding steroid dienone is 4. The first kappa shape index (κ1) is 20.1. The molecule has 0 bridgehead atoms. The van der Waals surface area contributed by atoms with E-state index in [0.717, 1.165) is 22.3 Å². The lowest BCUT2D eigenvalue weighted by Gasteiger charge is -2.13. The van der Waals surface area contributed by atoms with Crippen molar-refractivity contribution in [1.82, 2.24) is 15.0 Å². The fraction of sp³-hybridized carbons (Fsp3) is 0. The molecule has 0 saturated carbocycles. The summed E-state index contributed by atoms with van der Waals surface area (Å²) in [7, 11) is 0. The molecule has 254 valence electrons. The lowest BCUT2D eigenvalue weighted by Crippen LogP contribution is -2.02. The molecule has 1 heterocycles. The largest absolute Gasteiger partial charge is 0.208 e. The predicted octanol–water partition coefficient (Wildman–Crippen LogP) is 13.4. The van der Waals surface area contributed by atoms with Gasteiger partial charge in [-0.3, -0.25) is 0 Å². The number of aromatic nitrogens is 3. The zero-order valence-electron chi connectivity index (χ0n) is 43.5. The van der Waals surface area contributed by atoms with Gasteiger partial charge in [0.2, 0.25) is 0 Å². The number of rotatable bonds is 8. The van der Waals surface area contributed by atoms with Crippen LogP contribution in [0.2, 0.25) is 0 Å². The van der Waals surface area contributed by atoms with Crippen molar-refractivity contribution in [3.05, 3.63) is 207 Å². The normalized spacial score (nSPS) is 15.3. The summed E-state index contributed by atoms with van der Waals surface area (Å²) in [6, 6.07) is 14.4. The summed E-state index contributed by atoms with van der Waals surface area (Å²) >= 11 is 0. The van der Waals surface area contributed by atoms with Gasteiger partial charge in [-0.25, -0.2) is 15.0 Å². The molecule has 9 rings (SSSR count). The summed E-state index contributed by atoms with van der Waals surface area (Å²) in [5.41, 5.74) is 2.91. The number of benzene rings is 8. The Labute approximate surface area is 336 Å². The van der Waals surface area contributed by atoms with Crippen LogP contribution < -0.4 is 0 Å². The Morgan fingerprint density at radius 1 is 0.463 bits per heavy atom. The first-order valence-corrected chi connectivity index (χ1v) is 16.9. The van der Waals surface area contributed by atoms with E-state index in [4.69, 9.17) is 20.9 Å². The van der Waals surface area contributed by atoms with Crippen molar-refractivity contribution in [3.63, 3.8) is 0 Å². The van der Waals surface area contributed by atoms with Crippen LogP contribution >= 0.6 is 0 Å². The Hall–Kier alpha value is -7.23. The highest BCUT2D eigenvalue weighted by Gasteiger charge is 2.16. The molecular weight excluding hydrogens is 655 g/mol. The quantitative estimate of drug-likeness (QED) is 0.117. The standard InChI is InChI=1S/C51H35N3/c1-3-4-14-34(2)49-52-50(54-51(53-49)47-22-13-8-17-41(47)38-27-23-36(24-28-38)35-15-6-5-7-16-35)39-29-25-37(26-30-39)40-31-32-46-44-20-10-9-18-42(44)43-19-11-12-21-45(43)48(46)33-40/h3-33H,1-2H2/b14-4-/i9D,10D,11D,12D,18D,19D,20D,21D,25D,26D,29D,30D,31D,32D,33D. The van der Waals surface area contributed by atoms with Crippen LogP contribution in [-0.2, 0) is 0 Å². The Kier molecular flexibility index (Phi) is 5.24. The van der Waals surface area contributed by atoms with Crippen LogP contribution in [-0.4, -0.2) is 15.0 Å². The van der Waals surface area contributed by atoms with Crippen molar-refractivity contribution in [1.29, 1.82) is 0 Å². The van der Waals surface area contributed by atoms with Gasteiger partial charge in [-0.05, 0) is 71.7 Å². The highest BCUT2D eigenvalue weighted by Crippen LogP contribution is 2.38. The van der Waals surface area contributed by atoms with E-state index < -0.39 is 107 Å². The van der Waals surface area contributed by atoms with Crippen molar-refractivity contribution >= 4 is 37.9 Å². The molecule has 3 nitrogen and oxygen atoms in total. The van der Waals surface area contributed by atoms with Gasteiger partial charge in [0.1, 0.15) is 0 Å². The van der Waals surface area contributed by atoms with Crippen LogP contribution in [0.1, 0.15) is 26.4 Å². The van der Waals surface area contributed by atoms with Crippen LogP contribution in [0.5, 0.6) is 0 Å². The van der Waals surface area contributed by atoms with E-state index in [1.165, 1.54) is 6.08 Å². The summed E-state index contributed by atoms with van der Waals surface area (Å²) in [6.45, 7) is 7.84. The molecule has 0 fully saturated rings. The molecule has 0 spiro atoms. The maximum Gasteiger partial charge on any atom is 0.164 e. The van der Waals surface area contributed by atoms with E-state index in [1.807, 2.05) is 66.7 Å². The smallest absolute Gasteiger partial charge is 0.164 e. The zero-order chi connectivity index (χ0) is 49.5. The summed E-state index contributed by atoms with van der Waals surface area (Å²) in [5, 5.41) is -2.24. The minimum absolute atomic E-state index is 0.0418. The third-order valence-electron chi connectivity index (χ3n) is 8.86. The highest BCUT2D eigenvalue weighted by molar-refractivity contribution is 6.25. The minimum Gasteiger partial charge on any atom is -0.208 e. The third kappa shape index (κ3) is 6.08. The van der Waals surface area contributed by atoms with E-state index in [0.29, 0.717) is 11.1 Å². The number of hydrogen-bond acceptors (Lipinski definition) is 3. The minimum atomic E-state index is -0.793. The second-order valence-electron chi connectivity index (χ2n) is 12.2. The topological polar surface area (TPSA) is 38.7 Å². The van der Waals surface area contributed by atoms with Crippen LogP contribution in [0, 0.1) is 0 Å². The molecule has 0 aliphatic heterocycles. The second kappa shape index (κ2) is 14.1. The van der Waals surface area contributed by atoms with Gasteiger partial charge in [0, 0.05) is 16.7 Å². The molecule has 54 heavy (non-hydrogen) atoms. The van der Waals surface area contributed by atoms with Gasteiger partial charge in [0.15, 0.2) is 17.5 Å². The lowest BCUT2D eigenvalue weighted by atomic mass is 9.92. The first-order valence-electron chi connectivity index (χ1n) is 24.4. The SMILES string of the molecule is [2H]c1c([2H])c(-c2c([2H])c([2H])c3c4c([2H])c([2H])c([2H])c([2H])c4c4c([2H])c([2H])c([2H])c([2H])c4c3c2[2H])c([2H])c([2H])c1-c1nc(C(=C)/C=C\C=C)nc(-c2ccccc2-c2ccc(-c3ccccc3)cc2)n1. The van der Waals surface area contributed by atoms with Gasteiger partial charge in [-0.2, -0.15) is 0 Å². The average Bonchev–Trinajstić information content (AvgIpc) is 3.36. The van der Waals surface area contributed by atoms with Crippen molar-refractivity contribution < 1.29 is 20.6 Å². The zero-order valence-corrected chi connectivity index (χ0v) is 28.5. The van der Waals surface area contributed by atoms with Crippen molar-refractivity contribution in [2.45, 2.75) is 0 Å². The van der Waals surface area contributed by atoms with Gasteiger partial charge in [-0.15, -0.1) is 0 Å². The summed E-state index contributed by atoms with van der Waals surface area (Å²) in [6.07, 6.45) is 4.75. The fourth-order valence-corrected chi connectivity index (χ4v) is 6.24. The average molecular weight is 705 g/mol. The van der Waals surface area contributed by atoms with Crippen LogP contribution in [0.15, 0.2) is 201 Å². The van der Waals surface area contributed by atoms with Crippen molar-refractivity contribution in [3.8, 4) is 56.2 Å². The molecule has 0 atom stereocenters. The molecule has 0 saturated heterocycles. The summed E-state index contributed by atoms with van der Waals surface area (Å²) < 4.78 is 135. The molecule has 1 aromatic heterocycles. The first-order chi connectivity index (χ1) is 32.9. The number of nitrogens with zero attached hydrogens (tertiary/aromatic N) is 3. The predicted molar refractivity (Wildman–Crippen MR) is 228 cm³/mol. The molecule has 0 radical (unpaired) electrons. The molecule has 8 aromatic carbocycles. The van der Waals surface area contributed by atoms with Crippen molar-refractivity contribution in [2.75, 3.05) is 0 Å². The second-order valence-corrected chi connectivity index (χ2v) is 12.2. The van der Waals surface area contributed by atoms with Gasteiger partial charge in [0.05, 0.1) is 20.6 Å². The molecular formula is C51H35N3. The van der Waals surface area contributed by atoms with E-state index in [2.05, 4.69) is 18.1 Å². The van der Waals surface area contributed by atoms with Gasteiger partial charge >= 0.3 is 0 Å². The van der Waals surface area contributed by atoms with E-state index in [9.17, 15) is 9.60 Å². The van der Waals surface area contributed by atoms with E-state index in [-0.39, 0.29) is 50.0 Å². The highest BCUT2D eigenvalue weighted by atomic mass is 15.0. The van der Waals surface area contributed by atoms with E-state index in [1.54, 1.807) is 24.3 Å². The Morgan fingerprint density at radius 2 is 0.981 bits per heavy atom. The Balaban J connectivity index is 1.31. The van der Waals surface area contributed by atoms with Crippen LogP contribution in [0.3, 0.4) is 0 Å². The number of hydrogen-bond donors (Lipinski definition) is 0. The summed E-state index contributed by atoms with van der Waals surface area (Å²) in [4.78, 5) is 14.1. The fourth-order valence-electron chi connectivity index (χ4n) is 6.24. The Bertz CT molecular complexity index is 3690. The van der Waals surface area contributed by atoms with Crippen molar-refractivity contribution in [2.24, 2.45) is 0 Å². The summed E-state index contributed by atoms with van der Waals surface area (Å²) in [5.74, 6) is -0.107. The lowest BCUT2D eigenvalue weighted by molar-refractivity contribution is 1.04. The van der Waals surface area contributed by atoms with Crippen LogP contribution in [0.25, 0.3) is 94.0 Å².